The number of carbonyl (C=O) groups is 1. The van der Waals surface area contributed by atoms with Gasteiger partial charge in [0, 0.05) is 32.9 Å². The van der Waals surface area contributed by atoms with E-state index in [1.165, 1.54) is 0 Å². The zero-order chi connectivity index (χ0) is 10.9. The highest BCUT2D eigenvalue weighted by Gasteiger charge is 2.15. The molecule has 0 aromatic carbocycles. The van der Waals surface area contributed by atoms with E-state index in [9.17, 15) is 4.79 Å². The molecule has 0 saturated carbocycles. The molecule has 0 radical (unpaired) electrons. The summed E-state index contributed by atoms with van der Waals surface area (Å²) in [5, 5.41) is 5.98. The van der Waals surface area contributed by atoms with Crippen LogP contribution in [0.1, 0.15) is 12.8 Å². The summed E-state index contributed by atoms with van der Waals surface area (Å²) in [5.74, 6) is 0.0537. The van der Waals surface area contributed by atoms with Gasteiger partial charge in [-0.2, -0.15) is 0 Å². The lowest BCUT2D eigenvalue weighted by Gasteiger charge is -2.23. The molecule has 88 valence electrons. The van der Waals surface area contributed by atoms with Crippen LogP contribution in [0.2, 0.25) is 0 Å². The molecule has 1 heterocycles. The first-order valence-corrected chi connectivity index (χ1v) is 5.39. The highest BCUT2D eigenvalue weighted by atomic mass is 16.5. The van der Waals surface area contributed by atoms with Crippen LogP contribution in [0.5, 0.6) is 0 Å². The van der Waals surface area contributed by atoms with Gasteiger partial charge in [-0.25, -0.2) is 0 Å². The highest BCUT2D eigenvalue weighted by molar-refractivity contribution is 5.78. The number of carbonyl (C=O) groups excluding carboxylic acids is 1. The maximum Gasteiger partial charge on any atom is 0.234 e. The fourth-order valence-corrected chi connectivity index (χ4v) is 1.50. The maximum absolute atomic E-state index is 11.4. The van der Waals surface area contributed by atoms with Crippen molar-refractivity contribution in [1.29, 1.82) is 0 Å². The minimum Gasteiger partial charge on any atom is -0.383 e. The molecule has 1 aliphatic heterocycles. The zero-order valence-corrected chi connectivity index (χ0v) is 9.25. The third-order valence-electron chi connectivity index (χ3n) is 2.35. The summed E-state index contributed by atoms with van der Waals surface area (Å²) in [6, 6.07) is 0.287. The van der Waals surface area contributed by atoms with E-state index in [2.05, 4.69) is 10.6 Å². The molecule has 1 rings (SSSR count). The minimum absolute atomic E-state index is 0.0537. The lowest BCUT2D eigenvalue weighted by molar-refractivity contribution is -0.121. The van der Waals surface area contributed by atoms with E-state index in [4.69, 9.17) is 9.47 Å². The predicted octanol–water partition coefficient (Wildman–Crippen LogP) is -0.482. The molecule has 0 aliphatic carbocycles. The molecule has 0 bridgehead atoms. The van der Waals surface area contributed by atoms with Gasteiger partial charge >= 0.3 is 0 Å². The fraction of sp³-hybridized carbons (Fsp3) is 0.900. The summed E-state index contributed by atoms with van der Waals surface area (Å²) in [4.78, 5) is 11.4. The average molecular weight is 216 g/mol. The second-order valence-electron chi connectivity index (χ2n) is 3.62. The Balaban J connectivity index is 2.01. The largest absolute Gasteiger partial charge is 0.383 e. The zero-order valence-electron chi connectivity index (χ0n) is 9.25. The van der Waals surface area contributed by atoms with Gasteiger partial charge in [-0.05, 0) is 12.8 Å². The van der Waals surface area contributed by atoms with E-state index in [-0.39, 0.29) is 11.9 Å². The van der Waals surface area contributed by atoms with Gasteiger partial charge in [0.05, 0.1) is 13.2 Å². The average Bonchev–Trinajstić information content (AvgIpc) is 2.26. The highest BCUT2D eigenvalue weighted by Crippen LogP contribution is 2.05. The second kappa shape index (κ2) is 7.62. The molecule has 0 atom stereocenters. The van der Waals surface area contributed by atoms with Crippen molar-refractivity contribution in [1.82, 2.24) is 10.6 Å². The Kier molecular flexibility index (Phi) is 6.31. The fourth-order valence-electron chi connectivity index (χ4n) is 1.50. The van der Waals surface area contributed by atoms with E-state index in [0.717, 1.165) is 26.1 Å². The lowest BCUT2D eigenvalue weighted by Crippen LogP contribution is -2.43. The summed E-state index contributed by atoms with van der Waals surface area (Å²) >= 11 is 0. The van der Waals surface area contributed by atoms with Crippen LogP contribution in [0.25, 0.3) is 0 Å². The molecule has 2 N–H and O–H groups in total. The van der Waals surface area contributed by atoms with Gasteiger partial charge in [-0.15, -0.1) is 0 Å². The standard InChI is InChI=1S/C10H20N2O3/c1-14-7-4-11-8-10(13)12-9-2-5-15-6-3-9/h9,11H,2-8H2,1H3,(H,12,13). The monoisotopic (exact) mass is 216 g/mol. The number of nitrogens with one attached hydrogen (secondary N) is 2. The van der Waals surface area contributed by atoms with Crippen molar-refractivity contribution >= 4 is 5.91 Å². The van der Waals surface area contributed by atoms with Gasteiger partial charge in [-0.3, -0.25) is 4.79 Å². The van der Waals surface area contributed by atoms with Gasteiger partial charge in [-0.1, -0.05) is 0 Å². The first-order valence-electron chi connectivity index (χ1n) is 5.39. The van der Waals surface area contributed by atoms with Crippen LogP contribution in [0, 0.1) is 0 Å². The van der Waals surface area contributed by atoms with Crippen molar-refractivity contribution in [3.63, 3.8) is 0 Å². The van der Waals surface area contributed by atoms with Gasteiger partial charge < -0.3 is 20.1 Å². The van der Waals surface area contributed by atoms with E-state index in [0.29, 0.717) is 19.7 Å². The van der Waals surface area contributed by atoms with Crippen LogP contribution in [-0.2, 0) is 14.3 Å². The molecule has 0 aromatic rings. The second-order valence-corrected chi connectivity index (χ2v) is 3.62. The van der Waals surface area contributed by atoms with Crippen molar-refractivity contribution < 1.29 is 14.3 Å². The van der Waals surface area contributed by atoms with Gasteiger partial charge in [0.15, 0.2) is 0 Å². The molecule has 15 heavy (non-hydrogen) atoms. The molecule has 1 aliphatic rings. The topological polar surface area (TPSA) is 59.6 Å². The van der Waals surface area contributed by atoms with Crippen LogP contribution in [0.4, 0.5) is 0 Å². The normalized spacial score (nSPS) is 17.7. The first kappa shape index (κ1) is 12.4. The molecule has 5 heteroatoms. The third kappa shape index (κ3) is 5.71. The van der Waals surface area contributed by atoms with E-state index < -0.39 is 0 Å². The van der Waals surface area contributed by atoms with Gasteiger partial charge in [0.25, 0.3) is 0 Å². The van der Waals surface area contributed by atoms with E-state index in [1.54, 1.807) is 7.11 Å². The Labute approximate surface area is 90.5 Å². The molecule has 0 unspecified atom stereocenters. The van der Waals surface area contributed by atoms with Crippen molar-refractivity contribution in [2.24, 2.45) is 0 Å². The molecular weight excluding hydrogens is 196 g/mol. The van der Waals surface area contributed by atoms with E-state index in [1.807, 2.05) is 0 Å². The summed E-state index contributed by atoms with van der Waals surface area (Å²) in [6.07, 6.45) is 1.84. The summed E-state index contributed by atoms with van der Waals surface area (Å²) in [5.41, 5.74) is 0. The Morgan fingerprint density at radius 3 is 2.87 bits per heavy atom. The van der Waals surface area contributed by atoms with Gasteiger partial charge in [0.1, 0.15) is 0 Å². The van der Waals surface area contributed by atoms with Crippen LogP contribution in [-0.4, -0.2) is 52.0 Å². The summed E-state index contributed by atoms with van der Waals surface area (Å²) < 4.78 is 10.1. The van der Waals surface area contributed by atoms with Gasteiger partial charge in [0.2, 0.25) is 5.91 Å². The van der Waals surface area contributed by atoms with Crippen LogP contribution < -0.4 is 10.6 Å². The molecule has 1 amide bonds. The molecule has 0 spiro atoms. The first-order chi connectivity index (χ1) is 7.33. The molecule has 5 nitrogen and oxygen atoms in total. The number of amides is 1. The van der Waals surface area contributed by atoms with E-state index >= 15 is 0 Å². The number of ether oxygens (including phenoxy) is 2. The Bertz CT molecular complexity index is 182. The number of hydrogen-bond acceptors (Lipinski definition) is 4. The number of rotatable bonds is 6. The van der Waals surface area contributed by atoms with Crippen molar-refractivity contribution in [2.45, 2.75) is 18.9 Å². The lowest BCUT2D eigenvalue weighted by atomic mass is 10.1. The van der Waals surface area contributed by atoms with Crippen LogP contribution in [0.3, 0.4) is 0 Å². The minimum atomic E-state index is 0.0537. The summed E-state index contributed by atoms with van der Waals surface area (Å²) in [7, 11) is 1.64. The molecule has 0 aromatic heterocycles. The van der Waals surface area contributed by atoms with Crippen LogP contribution in [0.15, 0.2) is 0 Å². The number of methoxy groups -OCH3 is 1. The van der Waals surface area contributed by atoms with Crippen molar-refractivity contribution in [2.75, 3.05) is 40.0 Å². The Hall–Kier alpha value is -0.650. The predicted molar refractivity (Wildman–Crippen MR) is 56.7 cm³/mol. The third-order valence-corrected chi connectivity index (χ3v) is 2.35. The Morgan fingerprint density at radius 1 is 1.47 bits per heavy atom. The summed E-state index contributed by atoms with van der Waals surface area (Å²) in [6.45, 7) is 3.20. The molecule has 1 saturated heterocycles. The molecular formula is C10H20N2O3. The smallest absolute Gasteiger partial charge is 0.234 e. The Morgan fingerprint density at radius 2 is 2.20 bits per heavy atom. The maximum atomic E-state index is 11.4. The van der Waals surface area contributed by atoms with Crippen molar-refractivity contribution in [3.05, 3.63) is 0 Å². The number of hydrogen-bond donors (Lipinski definition) is 2. The van der Waals surface area contributed by atoms with Crippen LogP contribution >= 0.6 is 0 Å². The quantitative estimate of drug-likeness (QED) is 0.589. The SMILES string of the molecule is COCCNCC(=O)NC1CCOCC1. The molecule has 1 fully saturated rings. The van der Waals surface area contributed by atoms with Crippen molar-refractivity contribution in [3.8, 4) is 0 Å².